The Morgan fingerprint density at radius 2 is 1.86 bits per heavy atom. The van der Waals surface area contributed by atoms with Gasteiger partial charge in [-0.25, -0.2) is 4.98 Å². The molecule has 0 aliphatic heterocycles. The lowest BCUT2D eigenvalue weighted by atomic mass is 9.95. The van der Waals surface area contributed by atoms with Crippen molar-refractivity contribution < 1.29 is 9.47 Å². The van der Waals surface area contributed by atoms with Gasteiger partial charge in [0, 0.05) is 28.7 Å². The number of rotatable bonds is 11. The smallest absolute Gasteiger partial charge is 0.237 e. The van der Waals surface area contributed by atoms with Crippen molar-refractivity contribution in [3.05, 3.63) is 95.5 Å². The number of halogens is 1. The lowest BCUT2D eigenvalue weighted by Gasteiger charge is -2.28. The molecule has 36 heavy (non-hydrogen) atoms. The van der Waals surface area contributed by atoms with Gasteiger partial charge >= 0.3 is 0 Å². The molecule has 0 unspecified atom stereocenters. The summed E-state index contributed by atoms with van der Waals surface area (Å²) < 4.78 is 12.3. The van der Waals surface area contributed by atoms with Gasteiger partial charge in [-0.3, -0.25) is 0 Å². The highest BCUT2D eigenvalue weighted by Gasteiger charge is 2.20. The van der Waals surface area contributed by atoms with Gasteiger partial charge in [-0.2, -0.15) is 5.26 Å². The van der Waals surface area contributed by atoms with E-state index in [1.165, 1.54) is 10.4 Å². The van der Waals surface area contributed by atoms with Crippen LogP contribution in [0, 0.1) is 11.3 Å². The number of nitriles is 1. The second-order valence-corrected chi connectivity index (χ2v) is 11.7. The molecule has 4 aromatic rings. The molecule has 7 heteroatoms. The van der Waals surface area contributed by atoms with Crippen molar-refractivity contribution in [2.45, 2.75) is 29.7 Å². The maximum Gasteiger partial charge on any atom is 0.237 e. The van der Waals surface area contributed by atoms with Crippen molar-refractivity contribution >= 4 is 33.9 Å². The van der Waals surface area contributed by atoms with Gasteiger partial charge in [0.15, 0.2) is 0 Å². The zero-order valence-electron chi connectivity index (χ0n) is 20.3. The predicted molar refractivity (Wildman–Crippen MR) is 154 cm³/mol. The summed E-state index contributed by atoms with van der Waals surface area (Å²) in [7, 11) is 0. The van der Waals surface area contributed by atoms with E-state index in [4.69, 9.17) is 9.47 Å². The van der Waals surface area contributed by atoms with Gasteiger partial charge in [0.05, 0.1) is 3.92 Å². The summed E-state index contributed by atoms with van der Waals surface area (Å²) in [6.07, 6.45) is 2.48. The van der Waals surface area contributed by atoms with Crippen LogP contribution in [-0.4, -0.2) is 27.6 Å². The number of hydrogen-bond donors (Lipinski definition) is 1. The molecule has 0 saturated carbocycles. The summed E-state index contributed by atoms with van der Waals surface area (Å²) in [5.74, 6) is 1.91. The maximum atomic E-state index is 9.22. The molecule has 0 fully saturated rings. The average molecular weight is 610 g/mol. The molecule has 0 aliphatic rings. The highest BCUT2D eigenvalue weighted by molar-refractivity contribution is 14.1. The fraction of sp³-hybridized carbons (Fsp3) is 0.241. The molecule has 0 aliphatic carbocycles. The Morgan fingerprint density at radius 3 is 2.61 bits per heavy atom. The Balaban J connectivity index is 1.27. The molecule has 0 spiro atoms. The summed E-state index contributed by atoms with van der Waals surface area (Å²) in [5.41, 5.74) is 2.67. The lowest BCUT2D eigenvalue weighted by molar-refractivity contribution is 0.305. The Kier molecular flexibility index (Phi) is 8.97. The highest BCUT2D eigenvalue weighted by Crippen LogP contribution is 2.33. The lowest BCUT2D eigenvalue weighted by Crippen LogP contribution is -2.44. The van der Waals surface area contributed by atoms with E-state index in [-0.39, 0.29) is 5.54 Å². The molecule has 184 valence electrons. The largest absolute Gasteiger partial charge is 0.492 e. The van der Waals surface area contributed by atoms with Crippen LogP contribution in [0.25, 0.3) is 10.4 Å². The first-order valence-corrected chi connectivity index (χ1v) is 13.8. The summed E-state index contributed by atoms with van der Waals surface area (Å²) in [4.78, 5) is 5.37. The van der Waals surface area contributed by atoms with Crippen LogP contribution in [0.3, 0.4) is 0 Å². The van der Waals surface area contributed by atoms with Gasteiger partial charge in [-0.05, 0) is 73.7 Å². The van der Waals surface area contributed by atoms with Gasteiger partial charge in [0.2, 0.25) is 5.88 Å². The topological polar surface area (TPSA) is 67.2 Å². The van der Waals surface area contributed by atoms with E-state index in [1.54, 1.807) is 29.7 Å². The zero-order valence-corrected chi connectivity index (χ0v) is 23.3. The third-order valence-corrected chi connectivity index (χ3v) is 7.27. The molecule has 0 radical (unpaired) electrons. The number of pyridine rings is 1. The molecule has 4 rings (SSSR count). The number of nitrogens with zero attached hydrogens (tertiary/aromatic N) is 2. The molecule has 2 aromatic carbocycles. The standard InChI is InChI=1S/C29H28IN3O2S/c1-29(2,17-21-11-13-24(14-12-21)35-28-22(18-31)7-5-15-32-28)33-19-23(30)20-34-26-9-4-3-8-25(26)27-10-6-16-36-27/h3-16,23,33H,17,19-20H2,1-2H3/t23-/m0/s1. The first-order chi connectivity index (χ1) is 17.4. The Morgan fingerprint density at radius 1 is 1.06 bits per heavy atom. The number of ether oxygens (including phenoxy) is 2. The van der Waals surface area contributed by atoms with Crippen molar-refractivity contribution in [1.82, 2.24) is 10.3 Å². The summed E-state index contributed by atoms with van der Waals surface area (Å²) in [6.45, 7) is 5.89. The Bertz CT molecular complexity index is 1300. The van der Waals surface area contributed by atoms with Crippen molar-refractivity contribution in [3.63, 3.8) is 0 Å². The SMILES string of the molecule is CC(C)(Cc1ccc(Oc2ncccc2C#N)cc1)NC[C@H](I)COc1ccccc1-c1cccs1. The zero-order chi connectivity index (χ0) is 25.4. The van der Waals surface area contributed by atoms with E-state index in [2.05, 4.69) is 88.5 Å². The number of hydrogen-bond acceptors (Lipinski definition) is 6. The third kappa shape index (κ3) is 7.29. The monoisotopic (exact) mass is 609 g/mol. The van der Waals surface area contributed by atoms with Gasteiger partial charge in [-0.15, -0.1) is 11.3 Å². The Labute approximate surface area is 230 Å². The molecule has 5 nitrogen and oxygen atoms in total. The van der Waals surface area contributed by atoms with E-state index >= 15 is 0 Å². The summed E-state index contributed by atoms with van der Waals surface area (Å²) in [6, 6.07) is 25.9. The van der Waals surface area contributed by atoms with E-state index in [0.717, 1.165) is 24.3 Å². The third-order valence-electron chi connectivity index (χ3n) is 5.57. The van der Waals surface area contributed by atoms with Crippen molar-refractivity contribution in [1.29, 1.82) is 5.26 Å². The van der Waals surface area contributed by atoms with E-state index in [9.17, 15) is 5.26 Å². The van der Waals surface area contributed by atoms with Crippen LogP contribution in [0.4, 0.5) is 0 Å². The Hall–Kier alpha value is -2.93. The van der Waals surface area contributed by atoms with Crippen molar-refractivity contribution in [2.24, 2.45) is 0 Å². The number of nitrogens with one attached hydrogen (secondary N) is 1. The minimum Gasteiger partial charge on any atom is -0.492 e. The first kappa shape index (κ1) is 26.1. The molecule has 2 heterocycles. The molecule has 0 amide bonds. The van der Waals surface area contributed by atoms with E-state index < -0.39 is 0 Å². The highest BCUT2D eigenvalue weighted by atomic mass is 127. The molecule has 2 aromatic heterocycles. The molecule has 0 bridgehead atoms. The van der Waals surface area contributed by atoms with Crippen molar-refractivity contribution in [3.8, 4) is 33.9 Å². The van der Waals surface area contributed by atoms with Crippen molar-refractivity contribution in [2.75, 3.05) is 13.2 Å². The van der Waals surface area contributed by atoms with Gasteiger partial charge < -0.3 is 14.8 Å². The molecule has 1 atom stereocenters. The van der Waals surface area contributed by atoms with Crippen LogP contribution in [0.1, 0.15) is 25.0 Å². The van der Waals surface area contributed by atoms with Crippen LogP contribution >= 0.6 is 33.9 Å². The number of aromatic nitrogens is 1. The van der Waals surface area contributed by atoms with E-state index in [0.29, 0.717) is 27.7 Å². The maximum absolute atomic E-state index is 9.22. The normalized spacial score (nSPS) is 12.1. The molecule has 1 N–H and O–H groups in total. The van der Waals surface area contributed by atoms with Crippen LogP contribution in [0.5, 0.6) is 17.4 Å². The minimum absolute atomic E-state index is 0.0877. The van der Waals surface area contributed by atoms with Crippen LogP contribution in [-0.2, 0) is 6.42 Å². The van der Waals surface area contributed by atoms with Gasteiger partial charge in [0.25, 0.3) is 0 Å². The van der Waals surface area contributed by atoms with Crippen LogP contribution < -0.4 is 14.8 Å². The van der Waals surface area contributed by atoms with Gasteiger partial charge in [-0.1, -0.05) is 52.9 Å². The first-order valence-electron chi connectivity index (χ1n) is 11.7. The quantitative estimate of drug-likeness (QED) is 0.143. The number of thiophene rings is 1. The number of benzene rings is 2. The fourth-order valence-electron chi connectivity index (χ4n) is 3.77. The fourth-order valence-corrected chi connectivity index (χ4v) is 4.93. The van der Waals surface area contributed by atoms with E-state index in [1.807, 2.05) is 30.3 Å². The second kappa shape index (κ2) is 12.3. The molecular weight excluding hydrogens is 581 g/mol. The predicted octanol–water partition coefficient (Wildman–Crippen LogP) is 7.27. The average Bonchev–Trinajstić information content (AvgIpc) is 3.43. The van der Waals surface area contributed by atoms with Crippen LogP contribution in [0.2, 0.25) is 0 Å². The van der Waals surface area contributed by atoms with Crippen LogP contribution in [0.15, 0.2) is 84.4 Å². The summed E-state index contributed by atoms with van der Waals surface area (Å²) >= 11 is 4.18. The number of para-hydroxylation sites is 1. The molecule has 0 saturated heterocycles. The summed E-state index contributed by atoms with van der Waals surface area (Å²) in [5, 5.41) is 15.0. The van der Waals surface area contributed by atoms with Gasteiger partial charge in [0.1, 0.15) is 29.7 Å². The molecular formula is C29H28IN3O2S. The second-order valence-electron chi connectivity index (χ2n) is 9.04. The number of alkyl halides is 1. The minimum atomic E-state index is -0.0877.